The highest BCUT2D eigenvalue weighted by Gasteiger charge is 2.18. The molecule has 0 bridgehead atoms. The van der Waals surface area contributed by atoms with Gasteiger partial charge in [0.15, 0.2) is 5.96 Å². The number of hydrogen-bond acceptors (Lipinski definition) is 5. The highest BCUT2D eigenvalue weighted by molar-refractivity contribution is 14.0. The maximum atomic E-state index is 5.81. The number of rotatable bonds is 8. The molecule has 31 heavy (non-hydrogen) atoms. The Hall–Kier alpha value is -2.07. The van der Waals surface area contributed by atoms with Crippen molar-refractivity contribution in [2.75, 3.05) is 51.3 Å². The zero-order valence-electron chi connectivity index (χ0n) is 18.7. The molecule has 1 aliphatic rings. The molecule has 1 aliphatic heterocycles. The van der Waals surface area contributed by atoms with Crippen molar-refractivity contribution in [1.82, 2.24) is 15.2 Å². The zero-order chi connectivity index (χ0) is 21.2. The predicted octanol–water partition coefficient (Wildman–Crippen LogP) is 3.40. The van der Waals surface area contributed by atoms with Crippen molar-refractivity contribution in [1.29, 1.82) is 0 Å². The number of nitrogens with zero attached hydrogens (tertiary/aromatic N) is 4. The SMILES string of the molecule is CCNC(=NCc1ccnc(N2CCOC(C)C2)c1)N(C)CCOc1ccccc1.I. The van der Waals surface area contributed by atoms with E-state index in [-0.39, 0.29) is 30.1 Å². The van der Waals surface area contributed by atoms with Crippen molar-refractivity contribution in [3.05, 3.63) is 54.2 Å². The molecule has 1 atom stereocenters. The molecule has 2 aromatic rings. The van der Waals surface area contributed by atoms with E-state index in [4.69, 9.17) is 14.5 Å². The van der Waals surface area contributed by atoms with E-state index < -0.39 is 0 Å². The first kappa shape index (κ1) is 25.2. The van der Waals surface area contributed by atoms with Crippen LogP contribution in [-0.4, -0.2) is 68.4 Å². The monoisotopic (exact) mass is 539 g/mol. The van der Waals surface area contributed by atoms with Crippen LogP contribution in [0.5, 0.6) is 5.75 Å². The maximum absolute atomic E-state index is 5.81. The first-order valence-electron chi connectivity index (χ1n) is 10.6. The van der Waals surface area contributed by atoms with Gasteiger partial charge >= 0.3 is 0 Å². The number of morpholine rings is 1. The van der Waals surface area contributed by atoms with Crippen LogP contribution in [0, 0.1) is 0 Å². The number of pyridine rings is 1. The third-order valence-electron chi connectivity index (χ3n) is 4.92. The molecule has 0 spiro atoms. The van der Waals surface area contributed by atoms with Gasteiger partial charge < -0.3 is 24.6 Å². The van der Waals surface area contributed by atoms with Crippen LogP contribution >= 0.6 is 24.0 Å². The van der Waals surface area contributed by atoms with Crippen LogP contribution in [0.15, 0.2) is 53.7 Å². The molecule has 7 nitrogen and oxygen atoms in total. The molecule has 1 aromatic carbocycles. The number of ether oxygens (including phenoxy) is 2. The fourth-order valence-electron chi connectivity index (χ4n) is 3.32. The van der Waals surface area contributed by atoms with Crippen LogP contribution in [0.4, 0.5) is 5.82 Å². The summed E-state index contributed by atoms with van der Waals surface area (Å²) in [6.07, 6.45) is 2.10. The molecular weight excluding hydrogens is 505 g/mol. The van der Waals surface area contributed by atoms with E-state index in [1.54, 1.807) is 0 Å². The van der Waals surface area contributed by atoms with Gasteiger partial charge in [-0.1, -0.05) is 18.2 Å². The zero-order valence-corrected chi connectivity index (χ0v) is 21.0. The van der Waals surface area contributed by atoms with Crippen LogP contribution < -0.4 is 15.0 Å². The lowest BCUT2D eigenvalue weighted by Gasteiger charge is -2.32. The van der Waals surface area contributed by atoms with E-state index in [0.717, 1.165) is 55.9 Å². The van der Waals surface area contributed by atoms with Gasteiger partial charge in [0.1, 0.15) is 18.2 Å². The van der Waals surface area contributed by atoms with Crippen molar-refractivity contribution in [3.8, 4) is 5.75 Å². The van der Waals surface area contributed by atoms with Crippen molar-refractivity contribution in [2.45, 2.75) is 26.5 Å². The Labute approximate surface area is 202 Å². The number of anilines is 1. The summed E-state index contributed by atoms with van der Waals surface area (Å²) >= 11 is 0. The molecule has 1 fully saturated rings. The number of para-hydroxylation sites is 1. The topological polar surface area (TPSA) is 62.2 Å². The average molecular weight is 539 g/mol. The van der Waals surface area contributed by atoms with E-state index in [1.807, 2.05) is 49.6 Å². The molecular formula is C23H34IN5O2. The van der Waals surface area contributed by atoms with Crippen LogP contribution in [0.25, 0.3) is 0 Å². The first-order chi connectivity index (χ1) is 14.7. The molecule has 1 N–H and O–H groups in total. The van der Waals surface area contributed by atoms with Crippen LogP contribution in [-0.2, 0) is 11.3 Å². The second kappa shape index (κ2) is 13.4. The minimum absolute atomic E-state index is 0. The Bertz CT molecular complexity index is 806. The lowest BCUT2D eigenvalue weighted by molar-refractivity contribution is 0.0529. The van der Waals surface area contributed by atoms with Crippen molar-refractivity contribution < 1.29 is 9.47 Å². The summed E-state index contributed by atoms with van der Waals surface area (Å²) < 4.78 is 11.4. The fourth-order valence-corrected chi connectivity index (χ4v) is 3.32. The molecule has 1 saturated heterocycles. The second-order valence-electron chi connectivity index (χ2n) is 7.40. The standard InChI is InChI=1S/C23H33N5O2.HI/c1-4-24-23(27(3)12-14-30-21-8-6-5-7-9-21)26-17-20-10-11-25-22(16-20)28-13-15-29-19(2)18-28;/h5-11,16,19H,4,12-15,17-18H2,1-3H3,(H,24,26);1H. The third kappa shape index (κ3) is 8.17. The molecule has 8 heteroatoms. The van der Waals surface area contributed by atoms with Gasteiger partial charge in [-0.3, -0.25) is 0 Å². The Morgan fingerprint density at radius 1 is 1.32 bits per heavy atom. The molecule has 1 unspecified atom stereocenters. The summed E-state index contributed by atoms with van der Waals surface area (Å²) in [5.74, 6) is 2.74. The number of guanidine groups is 1. The number of aliphatic imine (C=N–C) groups is 1. The van der Waals surface area contributed by atoms with Gasteiger partial charge in [-0.15, -0.1) is 24.0 Å². The number of hydrogen-bond donors (Lipinski definition) is 1. The van der Waals surface area contributed by atoms with Gasteiger partial charge in [0.2, 0.25) is 0 Å². The Kier molecular flexibility index (Phi) is 10.9. The van der Waals surface area contributed by atoms with Gasteiger partial charge in [-0.05, 0) is 43.7 Å². The predicted molar refractivity (Wildman–Crippen MR) is 137 cm³/mol. The minimum atomic E-state index is 0. The van der Waals surface area contributed by atoms with E-state index in [2.05, 4.69) is 40.0 Å². The summed E-state index contributed by atoms with van der Waals surface area (Å²) in [7, 11) is 2.03. The number of benzene rings is 1. The molecule has 170 valence electrons. The Morgan fingerprint density at radius 3 is 2.87 bits per heavy atom. The van der Waals surface area contributed by atoms with E-state index in [1.165, 1.54) is 0 Å². The molecule has 0 radical (unpaired) electrons. The maximum Gasteiger partial charge on any atom is 0.194 e. The van der Waals surface area contributed by atoms with E-state index >= 15 is 0 Å². The number of likely N-dealkylation sites (N-methyl/N-ethyl adjacent to an activating group) is 1. The van der Waals surface area contributed by atoms with Crippen LogP contribution in [0.2, 0.25) is 0 Å². The van der Waals surface area contributed by atoms with Crippen LogP contribution in [0.1, 0.15) is 19.4 Å². The quantitative estimate of drug-likeness (QED) is 0.315. The Morgan fingerprint density at radius 2 is 2.13 bits per heavy atom. The highest BCUT2D eigenvalue weighted by atomic mass is 127. The summed E-state index contributed by atoms with van der Waals surface area (Å²) in [5.41, 5.74) is 1.14. The number of aromatic nitrogens is 1. The molecule has 0 aliphatic carbocycles. The summed E-state index contributed by atoms with van der Waals surface area (Å²) in [4.78, 5) is 13.7. The normalized spacial score (nSPS) is 16.4. The first-order valence-corrected chi connectivity index (χ1v) is 10.6. The lowest BCUT2D eigenvalue weighted by Crippen LogP contribution is -2.41. The van der Waals surface area contributed by atoms with E-state index in [0.29, 0.717) is 13.2 Å². The largest absolute Gasteiger partial charge is 0.492 e. The molecule has 0 amide bonds. The van der Waals surface area contributed by atoms with Crippen molar-refractivity contribution in [3.63, 3.8) is 0 Å². The van der Waals surface area contributed by atoms with Gasteiger partial charge in [0.05, 0.1) is 25.8 Å². The summed E-state index contributed by atoms with van der Waals surface area (Å²) in [6.45, 7) is 9.41. The summed E-state index contributed by atoms with van der Waals surface area (Å²) in [6, 6.07) is 14.0. The van der Waals surface area contributed by atoms with Crippen LogP contribution in [0.3, 0.4) is 0 Å². The highest BCUT2D eigenvalue weighted by Crippen LogP contribution is 2.17. The van der Waals surface area contributed by atoms with Crippen molar-refractivity contribution >= 4 is 35.8 Å². The van der Waals surface area contributed by atoms with Crippen molar-refractivity contribution in [2.24, 2.45) is 4.99 Å². The Balaban J connectivity index is 0.00000341. The van der Waals surface area contributed by atoms with Gasteiger partial charge in [-0.2, -0.15) is 0 Å². The molecule has 0 saturated carbocycles. The molecule has 3 rings (SSSR count). The minimum Gasteiger partial charge on any atom is -0.492 e. The average Bonchev–Trinajstić information content (AvgIpc) is 2.77. The number of nitrogens with one attached hydrogen (secondary N) is 1. The van der Waals surface area contributed by atoms with Gasteiger partial charge in [0, 0.05) is 32.9 Å². The molecule has 1 aromatic heterocycles. The van der Waals surface area contributed by atoms with E-state index in [9.17, 15) is 0 Å². The van der Waals surface area contributed by atoms with Gasteiger partial charge in [-0.25, -0.2) is 9.98 Å². The lowest BCUT2D eigenvalue weighted by atomic mass is 10.2. The third-order valence-corrected chi connectivity index (χ3v) is 4.92. The van der Waals surface area contributed by atoms with Gasteiger partial charge in [0.25, 0.3) is 0 Å². The molecule has 2 heterocycles. The second-order valence-corrected chi connectivity index (χ2v) is 7.40. The number of halogens is 1. The smallest absolute Gasteiger partial charge is 0.194 e. The summed E-state index contributed by atoms with van der Waals surface area (Å²) in [5, 5.41) is 3.36. The fraction of sp³-hybridized carbons (Fsp3) is 0.478.